The highest BCUT2D eigenvalue weighted by molar-refractivity contribution is 6.35. The van der Waals surface area contributed by atoms with Crippen LogP contribution in [0.4, 0.5) is 11.4 Å². The Morgan fingerprint density at radius 3 is 2.56 bits per heavy atom. The SMILES string of the molecule is COc1ccc(C)cc1NC(=O)C[NH2+][C@H](C)C(=O)Nc1cc(Cl)ccc1Cl. The minimum absolute atomic E-state index is 0.0783. The van der Waals surface area contributed by atoms with Crippen molar-refractivity contribution in [2.45, 2.75) is 19.9 Å². The summed E-state index contributed by atoms with van der Waals surface area (Å²) in [5, 5.41) is 8.00. The third-order valence-corrected chi connectivity index (χ3v) is 4.45. The van der Waals surface area contributed by atoms with E-state index in [0.717, 1.165) is 5.56 Å². The van der Waals surface area contributed by atoms with Gasteiger partial charge in [-0.3, -0.25) is 9.59 Å². The van der Waals surface area contributed by atoms with Gasteiger partial charge in [0.25, 0.3) is 11.8 Å². The number of ether oxygens (including phenoxy) is 1. The van der Waals surface area contributed by atoms with Crippen LogP contribution in [0.15, 0.2) is 36.4 Å². The molecule has 0 bridgehead atoms. The van der Waals surface area contributed by atoms with Gasteiger partial charge in [-0.1, -0.05) is 29.3 Å². The molecule has 0 aliphatic carbocycles. The number of rotatable bonds is 7. The van der Waals surface area contributed by atoms with E-state index in [9.17, 15) is 9.59 Å². The first-order valence-electron chi connectivity index (χ1n) is 8.34. The molecule has 144 valence electrons. The van der Waals surface area contributed by atoms with Gasteiger partial charge in [-0.25, -0.2) is 0 Å². The highest BCUT2D eigenvalue weighted by Crippen LogP contribution is 2.26. The number of hydrogen-bond acceptors (Lipinski definition) is 3. The van der Waals surface area contributed by atoms with Crippen molar-refractivity contribution in [1.82, 2.24) is 0 Å². The fraction of sp³-hybridized carbons (Fsp3) is 0.263. The largest absolute Gasteiger partial charge is 0.495 e. The van der Waals surface area contributed by atoms with Crippen LogP contribution >= 0.6 is 23.2 Å². The van der Waals surface area contributed by atoms with Crippen LogP contribution in [0.25, 0.3) is 0 Å². The van der Waals surface area contributed by atoms with E-state index < -0.39 is 6.04 Å². The normalized spacial score (nSPS) is 11.6. The number of halogens is 2. The predicted octanol–water partition coefficient (Wildman–Crippen LogP) is 2.84. The zero-order valence-corrected chi connectivity index (χ0v) is 16.8. The summed E-state index contributed by atoms with van der Waals surface area (Å²) in [4.78, 5) is 24.5. The summed E-state index contributed by atoms with van der Waals surface area (Å²) >= 11 is 12.0. The summed E-state index contributed by atoms with van der Waals surface area (Å²) in [5.41, 5.74) is 2.03. The number of nitrogens with two attached hydrogens (primary N) is 1. The monoisotopic (exact) mass is 410 g/mol. The molecule has 2 aromatic carbocycles. The van der Waals surface area contributed by atoms with Crippen LogP contribution < -0.4 is 20.7 Å². The van der Waals surface area contributed by atoms with Crippen LogP contribution in [0.1, 0.15) is 12.5 Å². The summed E-state index contributed by atoms with van der Waals surface area (Å²) in [5.74, 6) is 0.0646. The van der Waals surface area contributed by atoms with E-state index in [2.05, 4.69) is 10.6 Å². The maximum Gasteiger partial charge on any atom is 0.282 e. The third kappa shape index (κ3) is 6.13. The van der Waals surface area contributed by atoms with Gasteiger partial charge in [0.1, 0.15) is 5.75 Å². The van der Waals surface area contributed by atoms with Crippen molar-refractivity contribution < 1.29 is 19.6 Å². The number of nitrogens with one attached hydrogen (secondary N) is 2. The molecule has 2 aromatic rings. The molecule has 0 spiro atoms. The highest BCUT2D eigenvalue weighted by atomic mass is 35.5. The molecular formula is C19H22Cl2N3O3+. The fourth-order valence-corrected chi connectivity index (χ4v) is 2.69. The molecule has 0 aromatic heterocycles. The molecule has 8 heteroatoms. The molecule has 2 rings (SSSR count). The molecular weight excluding hydrogens is 389 g/mol. The van der Waals surface area contributed by atoms with E-state index in [0.29, 0.717) is 27.2 Å². The van der Waals surface area contributed by atoms with Crippen molar-refractivity contribution in [2.24, 2.45) is 0 Å². The van der Waals surface area contributed by atoms with E-state index in [1.165, 1.54) is 0 Å². The molecule has 0 aliphatic heterocycles. The number of anilines is 2. The van der Waals surface area contributed by atoms with Gasteiger partial charge in [0, 0.05) is 5.02 Å². The second kappa shape index (κ2) is 9.60. The summed E-state index contributed by atoms with van der Waals surface area (Å²) < 4.78 is 5.24. The standard InChI is InChI=1S/C19H21Cl2N3O3/c1-11-4-7-17(27-3)16(8-11)23-18(25)10-22-12(2)19(26)24-15-9-13(20)5-6-14(15)21/h4-9,12,22H,10H2,1-3H3,(H,23,25)(H,24,26)/p+1/t12-/m1/s1. The number of hydrogen-bond donors (Lipinski definition) is 3. The Hall–Kier alpha value is -2.28. The summed E-state index contributed by atoms with van der Waals surface area (Å²) in [6.45, 7) is 3.71. The molecule has 0 saturated carbocycles. The number of benzene rings is 2. The Labute approximate surface area is 168 Å². The van der Waals surface area contributed by atoms with Gasteiger partial charge in [0.2, 0.25) is 0 Å². The van der Waals surface area contributed by atoms with E-state index in [-0.39, 0.29) is 18.4 Å². The average Bonchev–Trinajstić information content (AvgIpc) is 2.63. The third-order valence-electron chi connectivity index (χ3n) is 3.89. The summed E-state index contributed by atoms with van der Waals surface area (Å²) in [7, 11) is 1.54. The molecule has 0 aliphatic rings. The molecule has 27 heavy (non-hydrogen) atoms. The Morgan fingerprint density at radius 1 is 1.11 bits per heavy atom. The van der Waals surface area contributed by atoms with E-state index in [4.69, 9.17) is 27.9 Å². The molecule has 0 fully saturated rings. The van der Waals surface area contributed by atoms with E-state index in [1.807, 2.05) is 19.1 Å². The van der Waals surface area contributed by atoms with Gasteiger partial charge in [0.15, 0.2) is 12.6 Å². The van der Waals surface area contributed by atoms with E-state index in [1.54, 1.807) is 43.6 Å². The maximum absolute atomic E-state index is 12.3. The Balaban J connectivity index is 1.90. The van der Waals surface area contributed by atoms with Crippen molar-refractivity contribution in [3.63, 3.8) is 0 Å². The van der Waals surface area contributed by atoms with Crippen LogP contribution in [0.5, 0.6) is 5.75 Å². The van der Waals surface area contributed by atoms with Gasteiger partial charge < -0.3 is 20.7 Å². The minimum atomic E-state index is -0.495. The lowest BCUT2D eigenvalue weighted by atomic mass is 10.2. The number of carbonyl (C=O) groups is 2. The smallest absolute Gasteiger partial charge is 0.282 e. The minimum Gasteiger partial charge on any atom is -0.495 e. The maximum atomic E-state index is 12.3. The lowest BCUT2D eigenvalue weighted by Crippen LogP contribution is -2.93. The first-order valence-corrected chi connectivity index (χ1v) is 9.09. The lowest BCUT2D eigenvalue weighted by molar-refractivity contribution is -0.662. The second-order valence-electron chi connectivity index (χ2n) is 6.09. The Kier molecular flexibility index (Phi) is 7.47. The van der Waals surface area contributed by atoms with Crippen molar-refractivity contribution in [1.29, 1.82) is 0 Å². The highest BCUT2D eigenvalue weighted by Gasteiger charge is 2.19. The number of quaternary nitrogens is 1. The molecule has 0 radical (unpaired) electrons. The number of aryl methyl sites for hydroxylation is 1. The molecule has 0 heterocycles. The van der Waals surface area contributed by atoms with Crippen LogP contribution in [0.3, 0.4) is 0 Å². The summed E-state index contributed by atoms with van der Waals surface area (Å²) in [6.07, 6.45) is 0. The van der Waals surface area contributed by atoms with Crippen molar-refractivity contribution in [3.8, 4) is 5.75 Å². The van der Waals surface area contributed by atoms with Crippen molar-refractivity contribution in [3.05, 3.63) is 52.0 Å². The van der Waals surface area contributed by atoms with Crippen molar-refractivity contribution >= 4 is 46.4 Å². The lowest BCUT2D eigenvalue weighted by Gasteiger charge is -2.13. The van der Waals surface area contributed by atoms with Crippen LogP contribution in [-0.4, -0.2) is 31.5 Å². The van der Waals surface area contributed by atoms with Gasteiger partial charge in [-0.2, -0.15) is 0 Å². The topological polar surface area (TPSA) is 84.0 Å². The quantitative estimate of drug-likeness (QED) is 0.655. The van der Waals surface area contributed by atoms with Crippen LogP contribution in [0.2, 0.25) is 10.0 Å². The number of amides is 2. The average molecular weight is 411 g/mol. The molecule has 0 saturated heterocycles. The van der Waals surface area contributed by atoms with Crippen molar-refractivity contribution in [2.75, 3.05) is 24.3 Å². The molecule has 2 amide bonds. The fourth-order valence-electron chi connectivity index (χ4n) is 2.35. The molecule has 6 nitrogen and oxygen atoms in total. The van der Waals surface area contributed by atoms with Crippen LogP contribution in [-0.2, 0) is 9.59 Å². The molecule has 0 unspecified atom stereocenters. The van der Waals surface area contributed by atoms with E-state index >= 15 is 0 Å². The van der Waals surface area contributed by atoms with Gasteiger partial charge in [-0.05, 0) is 49.7 Å². The molecule has 4 N–H and O–H groups in total. The van der Waals surface area contributed by atoms with Gasteiger partial charge in [-0.15, -0.1) is 0 Å². The predicted molar refractivity (Wildman–Crippen MR) is 108 cm³/mol. The van der Waals surface area contributed by atoms with Gasteiger partial charge in [0.05, 0.1) is 23.5 Å². The number of methoxy groups -OCH3 is 1. The zero-order chi connectivity index (χ0) is 20.0. The van der Waals surface area contributed by atoms with Gasteiger partial charge >= 0.3 is 0 Å². The first-order chi connectivity index (χ1) is 12.8. The first kappa shape index (κ1) is 21.0. The Bertz CT molecular complexity index is 843. The summed E-state index contributed by atoms with van der Waals surface area (Å²) in [6, 6.07) is 9.84. The Morgan fingerprint density at radius 2 is 1.85 bits per heavy atom. The number of carbonyl (C=O) groups excluding carboxylic acids is 2. The second-order valence-corrected chi connectivity index (χ2v) is 6.94. The molecule has 1 atom stereocenters. The van der Waals surface area contributed by atoms with Crippen LogP contribution in [0, 0.1) is 6.92 Å². The zero-order valence-electron chi connectivity index (χ0n) is 15.3.